The van der Waals surface area contributed by atoms with E-state index in [0.717, 1.165) is 48.1 Å². The molecular weight excluding hydrogens is 342 g/mol. The third kappa shape index (κ3) is 3.23. The molecule has 0 radical (unpaired) electrons. The Bertz CT molecular complexity index is 904. The van der Waals surface area contributed by atoms with Gasteiger partial charge in [0.2, 0.25) is 6.79 Å². The van der Waals surface area contributed by atoms with E-state index < -0.39 is 0 Å². The fourth-order valence-corrected chi connectivity index (χ4v) is 3.84. The number of rotatable bonds is 2. The smallest absolute Gasteiger partial charge is 0.231 e. The lowest BCUT2D eigenvalue weighted by Crippen LogP contribution is -2.22. The van der Waals surface area contributed by atoms with Crippen molar-refractivity contribution >= 4 is 11.6 Å². The molecule has 2 aromatic rings. The molecule has 0 aromatic heterocycles. The molecule has 0 spiro atoms. The largest absolute Gasteiger partial charge is 0.493 e. The van der Waals surface area contributed by atoms with Gasteiger partial charge in [-0.25, -0.2) is 0 Å². The zero-order valence-electron chi connectivity index (χ0n) is 16.3. The van der Waals surface area contributed by atoms with Gasteiger partial charge < -0.3 is 23.8 Å². The zero-order chi connectivity index (χ0) is 19.0. The maximum atomic E-state index is 5.71. The first kappa shape index (κ1) is 17.7. The van der Waals surface area contributed by atoms with E-state index in [1.54, 1.807) is 14.2 Å². The van der Waals surface area contributed by atoms with Crippen LogP contribution in [0.1, 0.15) is 29.2 Å². The van der Waals surface area contributed by atoms with Gasteiger partial charge in [0.05, 0.1) is 14.2 Å². The molecule has 0 N–H and O–H groups in total. The second-order valence-corrected chi connectivity index (χ2v) is 7.05. The third-order valence-electron chi connectivity index (χ3n) is 5.27. The van der Waals surface area contributed by atoms with Crippen LogP contribution in [0.25, 0.3) is 11.6 Å². The number of ether oxygens (including phenoxy) is 4. The molecule has 0 unspecified atom stereocenters. The van der Waals surface area contributed by atoms with Crippen LogP contribution in [0.3, 0.4) is 0 Å². The Labute approximate surface area is 160 Å². The van der Waals surface area contributed by atoms with E-state index in [1.807, 2.05) is 6.07 Å². The van der Waals surface area contributed by atoms with Gasteiger partial charge in [-0.05, 0) is 60.9 Å². The van der Waals surface area contributed by atoms with Gasteiger partial charge in [0.1, 0.15) is 0 Å². The minimum Gasteiger partial charge on any atom is -0.493 e. The van der Waals surface area contributed by atoms with Crippen LogP contribution in [0.4, 0.5) is 0 Å². The van der Waals surface area contributed by atoms with Crippen molar-refractivity contribution in [3.63, 3.8) is 0 Å². The minimum atomic E-state index is 0.292. The average Bonchev–Trinajstić information content (AvgIpc) is 3.12. The molecule has 27 heavy (non-hydrogen) atoms. The summed E-state index contributed by atoms with van der Waals surface area (Å²) in [5.74, 6) is 3.22. The van der Waals surface area contributed by atoms with Crippen LogP contribution >= 0.6 is 0 Å². The highest BCUT2D eigenvalue weighted by Crippen LogP contribution is 2.40. The van der Waals surface area contributed by atoms with Crippen LogP contribution in [0.15, 0.2) is 24.3 Å². The third-order valence-corrected chi connectivity index (χ3v) is 5.27. The van der Waals surface area contributed by atoms with Crippen LogP contribution in [0.5, 0.6) is 23.0 Å². The summed E-state index contributed by atoms with van der Waals surface area (Å²) in [5, 5.41) is 0. The van der Waals surface area contributed by atoms with E-state index in [4.69, 9.17) is 18.9 Å². The van der Waals surface area contributed by atoms with Crippen molar-refractivity contribution < 1.29 is 18.9 Å². The molecular formula is C22H25NO4. The molecule has 0 aliphatic carbocycles. The Morgan fingerprint density at radius 1 is 1.04 bits per heavy atom. The molecule has 5 nitrogen and oxygen atoms in total. The van der Waals surface area contributed by atoms with Crippen LogP contribution < -0.4 is 18.9 Å². The Balaban J connectivity index is 1.89. The first-order valence-electron chi connectivity index (χ1n) is 9.14. The Morgan fingerprint density at radius 3 is 2.56 bits per heavy atom. The monoisotopic (exact) mass is 367 g/mol. The lowest BCUT2D eigenvalue weighted by molar-refractivity contribution is 0.174. The number of allylic oxidation sites excluding steroid dienone is 1. The summed E-state index contributed by atoms with van der Waals surface area (Å²) >= 11 is 0. The van der Waals surface area contributed by atoms with Gasteiger partial charge in [-0.1, -0.05) is 12.1 Å². The highest BCUT2D eigenvalue weighted by molar-refractivity contribution is 5.84. The number of likely N-dealkylation sites (N-methyl/N-ethyl adjacent to an activating group) is 1. The van der Waals surface area contributed by atoms with E-state index in [-0.39, 0.29) is 0 Å². The van der Waals surface area contributed by atoms with E-state index in [2.05, 4.69) is 43.1 Å². The molecule has 0 bridgehead atoms. The SMILES string of the molecule is COc1ccc2c(c1OC)CN(C)CCc1cc3c(cc1/C=C/2C)OCO3. The molecule has 0 saturated carbocycles. The summed E-state index contributed by atoms with van der Waals surface area (Å²) in [7, 11) is 5.51. The summed E-state index contributed by atoms with van der Waals surface area (Å²) in [6, 6.07) is 8.29. The summed E-state index contributed by atoms with van der Waals surface area (Å²) in [6.07, 6.45) is 3.17. The molecule has 0 saturated heterocycles. The van der Waals surface area contributed by atoms with Crippen molar-refractivity contribution in [3.8, 4) is 23.0 Å². The summed E-state index contributed by atoms with van der Waals surface area (Å²) in [6.45, 7) is 4.15. The predicted octanol–water partition coefficient (Wildman–Crippen LogP) is 3.98. The lowest BCUT2D eigenvalue weighted by atomic mass is 9.93. The predicted molar refractivity (Wildman–Crippen MR) is 106 cm³/mol. The molecule has 2 heterocycles. The molecule has 0 fully saturated rings. The first-order chi connectivity index (χ1) is 13.1. The summed E-state index contributed by atoms with van der Waals surface area (Å²) in [4.78, 5) is 2.31. The number of benzene rings is 2. The van der Waals surface area contributed by atoms with Gasteiger partial charge >= 0.3 is 0 Å². The second kappa shape index (κ2) is 7.16. The quantitative estimate of drug-likeness (QED) is 0.803. The van der Waals surface area contributed by atoms with Gasteiger partial charge in [-0.3, -0.25) is 0 Å². The Hall–Kier alpha value is -2.66. The number of methoxy groups -OCH3 is 2. The molecule has 2 aromatic carbocycles. The van der Waals surface area contributed by atoms with Crippen molar-refractivity contribution in [2.24, 2.45) is 0 Å². The fourth-order valence-electron chi connectivity index (χ4n) is 3.84. The highest BCUT2D eigenvalue weighted by atomic mass is 16.7. The number of nitrogens with zero attached hydrogens (tertiary/aromatic N) is 1. The van der Waals surface area contributed by atoms with Crippen molar-refractivity contribution in [2.45, 2.75) is 19.9 Å². The number of hydrogen-bond acceptors (Lipinski definition) is 5. The van der Waals surface area contributed by atoms with Gasteiger partial charge in [0, 0.05) is 18.7 Å². The summed E-state index contributed by atoms with van der Waals surface area (Å²) in [5.41, 5.74) is 5.95. The number of fused-ring (bicyclic) bond motifs is 3. The molecule has 0 atom stereocenters. The maximum absolute atomic E-state index is 5.71. The van der Waals surface area contributed by atoms with E-state index in [0.29, 0.717) is 6.79 Å². The van der Waals surface area contributed by atoms with E-state index >= 15 is 0 Å². The van der Waals surface area contributed by atoms with Gasteiger partial charge in [-0.2, -0.15) is 0 Å². The standard InChI is InChI=1S/C22H25NO4/c1-14-9-16-11-21-20(26-13-27-21)10-15(16)7-8-23(2)12-18-17(14)5-6-19(24-3)22(18)25-4/h5-6,9-11H,7-8,12-13H2,1-4H3/b14-9+. The molecule has 5 heteroatoms. The highest BCUT2D eigenvalue weighted by Gasteiger charge is 2.21. The van der Waals surface area contributed by atoms with Crippen LogP contribution in [-0.2, 0) is 13.0 Å². The van der Waals surface area contributed by atoms with Crippen molar-refractivity contribution in [1.82, 2.24) is 4.90 Å². The first-order valence-corrected chi connectivity index (χ1v) is 9.14. The molecule has 4 rings (SSSR count). The van der Waals surface area contributed by atoms with E-state index in [1.165, 1.54) is 22.3 Å². The lowest BCUT2D eigenvalue weighted by Gasteiger charge is -2.24. The zero-order valence-corrected chi connectivity index (χ0v) is 16.3. The van der Waals surface area contributed by atoms with Gasteiger partial charge in [0.25, 0.3) is 0 Å². The maximum Gasteiger partial charge on any atom is 0.231 e. The Morgan fingerprint density at radius 2 is 1.81 bits per heavy atom. The molecule has 2 aliphatic heterocycles. The van der Waals surface area contributed by atoms with Crippen LogP contribution in [0, 0.1) is 0 Å². The summed E-state index contributed by atoms with van der Waals surface area (Å²) < 4.78 is 22.4. The molecule has 2 aliphatic rings. The van der Waals surface area contributed by atoms with Crippen molar-refractivity contribution in [2.75, 3.05) is 34.6 Å². The van der Waals surface area contributed by atoms with Crippen molar-refractivity contribution in [3.05, 3.63) is 46.5 Å². The van der Waals surface area contributed by atoms with Crippen LogP contribution in [-0.4, -0.2) is 39.5 Å². The van der Waals surface area contributed by atoms with E-state index in [9.17, 15) is 0 Å². The Kier molecular flexibility index (Phi) is 4.70. The number of hydrogen-bond donors (Lipinski definition) is 0. The molecule has 0 amide bonds. The minimum absolute atomic E-state index is 0.292. The fraction of sp³-hybridized carbons (Fsp3) is 0.364. The van der Waals surface area contributed by atoms with Gasteiger partial charge in [-0.15, -0.1) is 0 Å². The van der Waals surface area contributed by atoms with Gasteiger partial charge in [0.15, 0.2) is 23.0 Å². The molecule has 142 valence electrons. The average molecular weight is 367 g/mol. The normalized spacial score (nSPS) is 18.1. The van der Waals surface area contributed by atoms with Crippen LogP contribution in [0.2, 0.25) is 0 Å². The topological polar surface area (TPSA) is 40.2 Å². The van der Waals surface area contributed by atoms with Crippen molar-refractivity contribution in [1.29, 1.82) is 0 Å². The second-order valence-electron chi connectivity index (χ2n) is 7.05.